The van der Waals surface area contributed by atoms with Gasteiger partial charge in [-0.3, -0.25) is 0 Å². The molecule has 0 spiro atoms. The zero-order chi connectivity index (χ0) is 12.8. The smallest absolute Gasteiger partial charge is 0.128 e. The molecule has 1 heterocycles. The summed E-state index contributed by atoms with van der Waals surface area (Å²) in [6, 6.07) is 9.68. The fourth-order valence-electron chi connectivity index (χ4n) is 1.66. The molecule has 18 heavy (non-hydrogen) atoms. The van der Waals surface area contributed by atoms with Crippen LogP contribution in [0.3, 0.4) is 0 Å². The lowest BCUT2D eigenvalue weighted by atomic mass is 10.1. The second-order valence-electron chi connectivity index (χ2n) is 3.91. The van der Waals surface area contributed by atoms with Crippen LogP contribution >= 0.6 is 11.3 Å². The molecule has 4 heteroatoms. The van der Waals surface area contributed by atoms with Gasteiger partial charge < -0.3 is 9.94 Å². The van der Waals surface area contributed by atoms with Crippen molar-refractivity contribution in [3.8, 4) is 5.75 Å². The summed E-state index contributed by atoms with van der Waals surface area (Å²) in [5, 5.41) is 16.2. The van der Waals surface area contributed by atoms with E-state index in [-0.39, 0.29) is 0 Å². The highest BCUT2D eigenvalue weighted by Crippen LogP contribution is 2.19. The van der Waals surface area contributed by atoms with Gasteiger partial charge in [-0.2, -0.15) is 11.3 Å². The Morgan fingerprint density at radius 2 is 2.17 bits per heavy atom. The van der Waals surface area contributed by atoms with E-state index in [9.17, 15) is 0 Å². The van der Waals surface area contributed by atoms with Gasteiger partial charge in [0.25, 0.3) is 0 Å². The SMILES string of the molecule is CC(=NO)c1ccccc1OCCc1ccsc1. The first-order valence-corrected chi connectivity index (χ1v) is 6.67. The molecule has 0 radical (unpaired) electrons. The average molecular weight is 261 g/mol. The van der Waals surface area contributed by atoms with Gasteiger partial charge in [-0.15, -0.1) is 0 Å². The zero-order valence-electron chi connectivity index (χ0n) is 10.2. The van der Waals surface area contributed by atoms with Crippen molar-refractivity contribution < 1.29 is 9.94 Å². The molecule has 0 aliphatic carbocycles. The largest absolute Gasteiger partial charge is 0.493 e. The Morgan fingerprint density at radius 1 is 1.33 bits per heavy atom. The maximum absolute atomic E-state index is 8.82. The minimum absolute atomic E-state index is 0.557. The minimum Gasteiger partial charge on any atom is -0.493 e. The van der Waals surface area contributed by atoms with Crippen LogP contribution in [-0.4, -0.2) is 17.5 Å². The number of hydrogen-bond acceptors (Lipinski definition) is 4. The molecule has 94 valence electrons. The van der Waals surface area contributed by atoms with Gasteiger partial charge in [0, 0.05) is 12.0 Å². The Hall–Kier alpha value is -1.81. The van der Waals surface area contributed by atoms with Gasteiger partial charge >= 0.3 is 0 Å². The number of para-hydroxylation sites is 1. The summed E-state index contributed by atoms with van der Waals surface area (Å²) in [6.45, 7) is 2.37. The summed E-state index contributed by atoms with van der Waals surface area (Å²) < 4.78 is 5.75. The van der Waals surface area contributed by atoms with Crippen molar-refractivity contribution in [1.29, 1.82) is 0 Å². The molecule has 2 aromatic rings. The van der Waals surface area contributed by atoms with E-state index < -0.39 is 0 Å². The third-order valence-electron chi connectivity index (χ3n) is 2.66. The fourth-order valence-corrected chi connectivity index (χ4v) is 2.36. The van der Waals surface area contributed by atoms with Gasteiger partial charge in [-0.25, -0.2) is 0 Å². The van der Waals surface area contributed by atoms with Crippen LogP contribution < -0.4 is 4.74 Å². The van der Waals surface area contributed by atoms with E-state index in [0.717, 1.165) is 17.7 Å². The topological polar surface area (TPSA) is 41.8 Å². The number of ether oxygens (including phenoxy) is 1. The molecule has 0 amide bonds. The molecule has 0 saturated heterocycles. The summed E-state index contributed by atoms with van der Waals surface area (Å²) in [7, 11) is 0. The van der Waals surface area contributed by atoms with E-state index in [1.54, 1.807) is 18.3 Å². The summed E-state index contributed by atoms with van der Waals surface area (Å²) in [5.41, 5.74) is 2.66. The van der Waals surface area contributed by atoms with Crippen molar-refractivity contribution in [3.05, 3.63) is 52.2 Å². The van der Waals surface area contributed by atoms with Gasteiger partial charge in [-0.1, -0.05) is 17.3 Å². The molecule has 0 aliphatic rings. The average Bonchev–Trinajstić information content (AvgIpc) is 2.92. The zero-order valence-corrected chi connectivity index (χ0v) is 11.0. The molecule has 0 saturated carbocycles. The first kappa shape index (κ1) is 12.6. The van der Waals surface area contributed by atoms with Crippen LogP contribution in [0.4, 0.5) is 0 Å². The molecule has 1 aromatic carbocycles. The van der Waals surface area contributed by atoms with Crippen molar-refractivity contribution in [1.82, 2.24) is 0 Å². The van der Waals surface area contributed by atoms with Crippen LogP contribution in [0.25, 0.3) is 0 Å². The number of rotatable bonds is 5. The molecule has 0 bridgehead atoms. The normalized spacial score (nSPS) is 11.5. The van der Waals surface area contributed by atoms with Gasteiger partial charge in [0.15, 0.2) is 0 Å². The third kappa shape index (κ3) is 3.11. The predicted octanol–water partition coefficient (Wildman–Crippen LogP) is 3.57. The van der Waals surface area contributed by atoms with Gasteiger partial charge in [0.2, 0.25) is 0 Å². The van der Waals surface area contributed by atoms with Crippen molar-refractivity contribution in [2.24, 2.45) is 5.16 Å². The van der Waals surface area contributed by atoms with Crippen molar-refractivity contribution in [3.63, 3.8) is 0 Å². The molecule has 0 atom stereocenters. The number of thiophene rings is 1. The maximum Gasteiger partial charge on any atom is 0.128 e. The highest BCUT2D eigenvalue weighted by atomic mass is 32.1. The van der Waals surface area contributed by atoms with Crippen LogP contribution in [0.2, 0.25) is 0 Å². The van der Waals surface area contributed by atoms with Crippen molar-refractivity contribution >= 4 is 17.0 Å². The molecule has 0 unspecified atom stereocenters. The Kier molecular flexibility index (Phi) is 4.36. The Morgan fingerprint density at radius 3 is 2.89 bits per heavy atom. The van der Waals surface area contributed by atoms with Crippen LogP contribution in [-0.2, 0) is 6.42 Å². The number of nitrogens with zero attached hydrogens (tertiary/aromatic N) is 1. The van der Waals surface area contributed by atoms with E-state index in [2.05, 4.69) is 22.0 Å². The van der Waals surface area contributed by atoms with Crippen LogP contribution in [0.1, 0.15) is 18.1 Å². The van der Waals surface area contributed by atoms with Crippen LogP contribution in [0.5, 0.6) is 5.75 Å². The van der Waals surface area contributed by atoms with E-state index in [1.807, 2.05) is 24.3 Å². The lowest BCUT2D eigenvalue weighted by molar-refractivity contribution is 0.314. The van der Waals surface area contributed by atoms with E-state index in [0.29, 0.717) is 12.3 Å². The Labute approximate surface area is 110 Å². The monoisotopic (exact) mass is 261 g/mol. The minimum atomic E-state index is 0.557. The van der Waals surface area contributed by atoms with Crippen molar-refractivity contribution in [2.75, 3.05) is 6.61 Å². The number of oxime groups is 1. The third-order valence-corrected chi connectivity index (χ3v) is 3.39. The van der Waals surface area contributed by atoms with E-state index in [1.165, 1.54) is 5.56 Å². The maximum atomic E-state index is 8.82. The Bertz CT molecular complexity index is 520. The number of benzene rings is 1. The second kappa shape index (κ2) is 6.21. The lowest BCUT2D eigenvalue weighted by Crippen LogP contribution is -2.05. The summed E-state index contributed by atoms with van der Waals surface area (Å²) in [4.78, 5) is 0. The summed E-state index contributed by atoms with van der Waals surface area (Å²) in [6.07, 6.45) is 0.882. The molecular formula is C14H15NO2S. The first-order valence-electron chi connectivity index (χ1n) is 5.73. The van der Waals surface area contributed by atoms with Gasteiger partial charge in [0.1, 0.15) is 5.75 Å². The highest BCUT2D eigenvalue weighted by molar-refractivity contribution is 7.07. The molecule has 1 aromatic heterocycles. The summed E-state index contributed by atoms with van der Waals surface area (Å²) >= 11 is 1.69. The van der Waals surface area contributed by atoms with Crippen molar-refractivity contribution in [2.45, 2.75) is 13.3 Å². The summed E-state index contributed by atoms with van der Waals surface area (Å²) in [5.74, 6) is 0.753. The fraction of sp³-hybridized carbons (Fsp3) is 0.214. The van der Waals surface area contributed by atoms with Crippen LogP contribution in [0.15, 0.2) is 46.2 Å². The quantitative estimate of drug-likeness (QED) is 0.508. The second-order valence-corrected chi connectivity index (χ2v) is 4.69. The molecule has 0 aliphatic heterocycles. The standard InChI is InChI=1S/C14H15NO2S/c1-11(15-16)13-4-2-3-5-14(13)17-8-6-12-7-9-18-10-12/h2-5,7,9-10,16H,6,8H2,1H3. The molecular weight excluding hydrogens is 246 g/mol. The molecule has 1 N–H and O–H groups in total. The predicted molar refractivity (Wildman–Crippen MR) is 74.0 cm³/mol. The molecule has 2 rings (SSSR count). The highest BCUT2D eigenvalue weighted by Gasteiger charge is 2.06. The first-order chi connectivity index (χ1) is 8.81. The lowest BCUT2D eigenvalue weighted by Gasteiger charge is -2.10. The van der Waals surface area contributed by atoms with Gasteiger partial charge in [0.05, 0.1) is 12.3 Å². The number of hydrogen-bond donors (Lipinski definition) is 1. The van der Waals surface area contributed by atoms with Crippen LogP contribution in [0, 0.1) is 0 Å². The van der Waals surface area contributed by atoms with E-state index >= 15 is 0 Å². The molecule has 3 nitrogen and oxygen atoms in total. The van der Waals surface area contributed by atoms with E-state index in [4.69, 9.17) is 9.94 Å². The van der Waals surface area contributed by atoms with Gasteiger partial charge in [-0.05, 0) is 41.4 Å². The Balaban J connectivity index is 2.01. The molecule has 0 fully saturated rings.